The molecule has 2 saturated heterocycles. The van der Waals surface area contributed by atoms with E-state index in [4.69, 9.17) is 4.42 Å². The summed E-state index contributed by atoms with van der Waals surface area (Å²) in [7, 11) is 0. The first-order valence-corrected chi connectivity index (χ1v) is 12.5. The van der Waals surface area contributed by atoms with Gasteiger partial charge in [0.15, 0.2) is 0 Å². The largest absolute Gasteiger partial charge is 0.472 e. The van der Waals surface area contributed by atoms with Crippen molar-refractivity contribution < 1.29 is 14.0 Å². The maximum Gasteiger partial charge on any atom is 0.255 e. The van der Waals surface area contributed by atoms with Crippen LogP contribution >= 0.6 is 0 Å². The molecule has 0 aliphatic carbocycles. The van der Waals surface area contributed by atoms with E-state index in [1.165, 1.54) is 12.5 Å². The average Bonchev–Trinajstić information content (AvgIpc) is 3.59. The third kappa shape index (κ3) is 5.03. The van der Waals surface area contributed by atoms with Gasteiger partial charge in [0.05, 0.1) is 17.9 Å². The average molecular weight is 472 g/mol. The van der Waals surface area contributed by atoms with Crippen LogP contribution in [-0.2, 0) is 0 Å². The Morgan fingerprint density at radius 1 is 0.943 bits per heavy atom. The van der Waals surface area contributed by atoms with Gasteiger partial charge in [-0.1, -0.05) is 48.5 Å². The number of nitrogens with one attached hydrogen (secondary N) is 1. The van der Waals surface area contributed by atoms with Gasteiger partial charge in [0.25, 0.3) is 11.8 Å². The predicted octanol–water partition coefficient (Wildman–Crippen LogP) is 4.46. The van der Waals surface area contributed by atoms with E-state index >= 15 is 0 Å². The van der Waals surface area contributed by atoms with Crippen LogP contribution in [0.2, 0.25) is 0 Å². The molecule has 2 aliphatic heterocycles. The highest BCUT2D eigenvalue weighted by molar-refractivity contribution is 5.97. The lowest BCUT2D eigenvalue weighted by molar-refractivity contribution is 0.0772. The van der Waals surface area contributed by atoms with Crippen LogP contribution in [0.15, 0.2) is 71.5 Å². The number of rotatable bonds is 7. The molecule has 6 nitrogen and oxygen atoms in total. The van der Waals surface area contributed by atoms with Gasteiger partial charge >= 0.3 is 0 Å². The molecule has 0 radical (unpaired) electrons. The van der Waals surface area contributed by atoms with Crippen molar-refractivity contribution in [2.75, 3.05) is 32.7 Å². The Balaban J connectivity index is 1.18. The Morgan fingerprint density at radius 3 is 2.26 bits per heavy atom. The van der Waals surface area contributed by atoms with Crippen LogP contribution in [-0.4, -0.2) is 54.3 Å². The summed E-state index contributed by atoms with van der Waals surface area (Å²) in [5.74, 6) is 1.08. The number of fused-ring (bicyclic) bond motifs is 1. The molecule has 3 aromatic rings. The molecule has 0 bridgehead atoms. The van der Waals surface area contributed by atoms with Crippen molar-refractivity contribution in [2.45, 2.75) is 26.3 Å². The number of carbonyl (C=O) groups excluding carboxylic acids is 2. The third-order valence-electron chi connectivity index (χ3n) is 7.57. The van der Waals surface area contributed by atoms with Crippen LogP contribution < -0.4 is 5.32 Å². The van der Waals surface area contributed by atoms with Gasteiger partial charge in [-0.3, -0.25) is 9.59 Å². The molecule has 2 amide bonds. The van der Waals surface area contributed by atoms with E-state index in [9.17, 15) is 9.59 Å². The zero-order chi connectivity index (χ0) is 24.4. The molecule has 5 rings (SSSR count). The Bertz CT molecular complexity index is 1140. The molecule has 1 N–H and O–H groups in total. The van der Waals surface area contributed by atoms with Crippen LogP contribution in [0.1, 0.15) is 49.9 Å². The van der Waals surface area contributed by atoms with Crippen LogP contribution in [0.4, 0.5) is 0 Å². The molecule has 182 valence electrons. The minimum Gasteiger partial charge on any atom is -0.472 e. The molecule has 1 aromatic heterocycles. The molecule has 3 heterocycles. The molecule has 2 aromatic carbocycles. The maximum absolute atomic E-state index is 13.2. The van der Waals surface area contributed by atoms with Crippen LogP contribution in [0, 0.1) is 25.7 Å². The molecule has 2 aliphatic rings. The van der Waals surface area contributed by atoms with Crippen molar-refractivity contribution in [3.63, 3.8) is 0 Å². The second kappa shape index (κ2) is 10.1. The summed E-state index contributed by atoms with van der Waals surface area (Å²) < 4.78 is 5.08. The second-order valence-electron chi connectivity index (χ2n) is 9.99. The Morgan fingerprint density at radius 2 is 1.63 bits per heavy atom. The normalized spacial score (nSPS) is 20.6. The molecule has 2 fully saturated rings. The van der Waals surface area contributed by atoms with E-state index < -0.39 is 0 Å². The number of furan rings is 1. The first kappa shape index (κ1) is 23.4. The molecule has 3 atom stereocenters. The Hall–Kier alpha value is -3.38. The summed E-state index contributed by atoms with van der Waals surface area (Å²) in [6.45, 7) is 8.60. The molecular formula is C29H33N3O3. The topological polar surface area (TPSA) is 65.8 Å². The highest BCUT2D eigenvalue weighted by atomic mass is 16.3. The van der Waals surface area contributed by atoms with Crippen molar-refractivity contribution >= 4 is 11.8 Å². The number of hydrogen-bond acceptors (Lipinski definition) is 4. The first-order chi connectivity index (χ1) is 17.0. The molecule has 0 saturated carbocycles. The summed E-state index contributed by atoms with van der Waals surface area (Å²) in [6, 6.07) is 17.8. The lowest BCUT2D eigenvalue weighted by atomic mass is 10.0. The van der Waals surface area contributed by atoms with Crippen molar-refractivity contribution in [1.29, 1.82) is 0 Å². The highest BCUT2D eigenvalue weighted by Gasteiger charge is 2.42. The smallest absolute Gasteiger partial charge is 0.255 e. The van der Waals surface area contributed by atoms with Crippen molar-refractivity contribution in [1.82, 2.24) is 15.1 Å². The quantitative estimate of drug-likeness (QED) is 0.553. The minimum atomic E-state index is -0.119. The summed E-state index contributed by atoms with van der Waals surface area (Å²) in [5, 5.41) is 3.18. The fourth-order valence-corrected chi connectivity index (χ4v) is 5.70. The van der Waals surface area contributed by atoms with E-state index in [-0.39, 0.29) is 17.9 Å². The van der Waals surface area contributed by atoms with Crippen molar-refractivity contribution in [2.24, 2.45) is 11.8 Å². The molecular weight excluding hydrogens is 438 g/mol. The van der Waals surface area contributed by atoms with Crippen LogP contribution in [0.3, 0.4) is 0 Å². The monoisotopic (exact) mass is 471 g/mol. The van der Waals surface area contributed by atoms with Crippen molar-refractivity contribution in [3.8, 4) is 0 Å². The van der Waals surface area contributed by atoms with Gasteiger partial charge in [-0.25, -0.2) is 0 Å². The zero-order valence-corrected chi connectivity index (χ0v) is 20.4. The Kier molecular flexibility index (Phi) is 6.73. The minimum absolute atomic E-state index is 0.0684. The molecule has 35 heavy (non-hydrogen) atoms. The fourth-order valence-electron chi connectivity index (χ4n) is 5.70. The fraction of sp³-hybridized carbons (Fsp3) is 0.379. The number of hydrogen-bond donors (Lipinski definition) is 1. The van der Waals surface area contributed by atoms with E-state index in [2.05, 4.69) is 27.2 Å². The van der Waals surface area contributed by atoms with Gasteiger partial charge in [0.2, 0.25) is 0 Å². The lowest BCUT2D eigenvalue weighted by Gasteiger charge is -2.25. The number of aryl methyl sites for hydroxylation is 2. The van der Waals surface area contributed by atoms with Gasteiger partial charge < -0.3 is 19.5 Å². The standard InChI is InChI=1S/C29H33N3O3/c1-20-7-6-8-21(2)27(20)29(34)32-17-24-15-31(16-25(24)18-32)13-11-26(22-9-4-3-5-10-22)30-28(33)23-12-14-35-19-23/h3-10,12,14,19,24-26H,11,13,15-18H2,1-2H3,(H,30,33)/t24?,25?,26-/m0/s1. The Labute approximate surface area is 206 Å². The summed E-state index contributed by atoms with van der Waals surface area (Å²) in [6.07, 6.45) is 3.83. The number of likely N-dealkylation sites (tertiary alicyclic amines) is 2. The predicted molar refractivity (Wildman–Crippen MR) is 135 cm³/mol. The van der Waals surface area contributed by atoms with Crippen LogP contribution in [0.5, 0.6) is 0 Å². The third-order valence-corrected chi connectivity index (χ3v) is 7.57. The number of benzene rings is 2. The first-order valence-electron chi connectivity index (χ1n) is 12.5. The number of amides is 2. The van der Waals surface area contributed by atoms with E-state index in [0.717, 1.165) is 61.4 Å². The van der Waals surface area contributed by atoms with Gasteiger partial charge in [0, 0.05) is 38.3 Å². The van der Waals surface area contributed by atoms with Gasteiger partial charge in [-0.2, -0.15) is 0 Å². The summed E-state index contributed by atoms with van der Waals surface area (Å²) in [4.78, 5) is 30.5. The van der Waals surface area contributed by atoms with E-state index in [1.54, 1.807) is 6.07 Å². The van der Waals surface area contributed by atoms with Crippen LogP contribution in [0.25, 0.3) is 0 Å². The summed E-state index contributed by atoms with van der Waals surface area (Å²) >= 11 is 0. The van der Waals surface area contributed by atoms with Gasteiger partial charge in [0.1, 0.15) is 6.26 Å². The van der Waals surface area contributed by atoms with Gasteiger partial charge in [-0.05, 0) is 54.9 Å². The maximum atomic E-state index is 13.2. The molecule has 0 spiro atoms. The zero-order valence-electron chi connectivity index (χ0n) is 20.4. The second-order valence-corrected chi connectivity index (χ2v) is 9.99. The van der Waals surface area contributed by atoms with E-state index in [1.807, 2.05) is 50.2 Å². The van der Waals surface area contributed by atoms with E-state index in [0.29, 0.717) is 17.4 Å². The molecule has 6 heteroatoms. The summed E-state index contributed by atoms with van der Waals surface area (Å²) in [5.41, 5.74) is 4.61. The number of nitrogens with zero attached hydrogens (tertiary/aromatic N) is 2. The SMILES string of the molecule is Cc1cccc(C)c1C(=O)N1CC2CN(CC[C@H](NC(=O)c3ccoc3)c3ccccc3)CC2C1. The van der Waals surface area contributed by atoms with Gasteiger partial charge in [-0.15, -0.1) is 0 Å². The highest BCUT2D eigenvalue weighted by Crippen LogP contribution is 2.33. The van der Waals surface area contributed by atoms with Crippen molar-refractivity contribution in [3.05, 3.63) is 94.9 Å². The lowest BCUT2D eigenvalue weighted by Crippen LogP contribution is -2.35. The molecule has 2 unspecified atom stereocenters. The number of carbonyl (C=O) groups is 2.